The monoisotopic (exact) mass is 437 g/mol. The number of carbonyl (C=O) groups is 3. The maximum Gasteiger partial charge on any atom is 0.319 e. The van der Waals surface area contributed by atoms with Crippen LogP contribution >= 0.6 is 0 Å². The number of ether oxygens (including phenoxy) is 1. The lowest BCUT2D eigenvalue weighted by atomic mass is 10.1. The average molecular weight is 438 g/mol. The fraction of sp³-hybridized carbons (Fsp3) is 0.304. The van der Waals surface area contributed by atoms with Crippen LogP contribution in [0.15, 0.2) is 48.5 Å². The van der Waals surface area contributed by atoms with E-state index in [0.29, 0.717) is 42.9 Å². The molecule has 3 rings (SSSR count). The summed E-state index contributed by atoms with van der Waals surface area (Å²) in [5, 5.41) is 12.9. The van der Waals surface area contributed by atoms with E-state index in [1.807, 2.05) is 6.07 Å². The van der Waals surface area contributed by atoms with Gasteiger partial charge in [0.1, 0.15) is 11.9 Å². The summed E-state index contributed by atoms with van der Waals surface area (Å²) in [4.78, 5) is 38.3. The Morgan fingerprint density at radius 3 is 2.66 bits per heavy atom. The lowest BCUT2D eigenvalue weighted by Crippen LogP contribution is -2.43. The first-order valence-corrected chi connectivity index (χ1v) is 10.4. The molecule has 1 fully saturated rings. The Morgan fingerprint density at radius 1 is 1.22 bits per heavy atom. The van der Waals surface area contributed by atoms with Gasteiger partial charge in [-0.25, -0.2) is 4.79 Å². The Morgan fingerprint density at radius 2 is 1.97 bits per heavy atom. The number of amidine groups is 1. The average Bonchev–Trinajstić information content (AvgIpc) is 3.12. The van der Waals surface area contributed by atoms with Gasteiger partial charge in [0.15, 0.2) is 0 Å². The van der Waals surface area contributed by atoms with Gasteiger partial charge in [-0.2, -0.15) is 0 Å². The number of hydrogen-bond donors (Lipinski definition) is 4. The molecule has 0 unspecified atom stereocenters. The van der Waals surface area contributed by atoms with Crippen molar-refractivity contribution in [2.24, 2.45) is 5.73 Å². The minimum Gasteiger partial charge on any atom is -0.466 e. The fourth-order valence-electron chi connectivity index (χ4n) is 3.50. The highest BCUT2D eigenvalue weighted by molar-refractivity contribution is 6.03. The van der Waals surface area contributed by atoms with E-state index in [4.69, 9.17) is 15.9 Å². The number of nitrogens with two attached hydrogens (primary N) is 1. The number of esters is 1. The van der Waals surface area contributed by atoms with Crippen LogP contribution in [0.1, 0.15) is 30.9 Å². The zero-order valence-corrected chi connectivity index (χ0v) is 17.9. The zero-order chi connectivity index (χ0) is 23.1. The van der Waals surface area contributed by atoms with Gasteiger partial charge >= 0.3 is 12.0 Å². The Hall–Kier alpha value is -3.88. The molecule has 2 aromatic carbocycles. The SMILES string of the molecule is CCOC(=O)CCc1cccc(NC(=O)N[C@H]2CCN(c3ccc(C(=N)N)cc3)C2=O)c1. The van der Waals surface area contributed by atoms with Crippen molar-refractivity contribution in [3.63, 3.8) is 0 Å². The fourth-order valence-corrected chi connectivity index (χ4v) is 3.50. The molecule has 2 aromatic rings. The first-order chi connectivity index (χ1) is 15.4. The number of nitrogen functional groups attached to an aromatic ring is 1. The van der Waals surface area contributed by atoms with Crippen LogP contribution in [-0.4, -0.2) is 42.9 Å². The predicted molar refractivity (Wildman–Crippen MR) is 122 cm³/mol. The number of nitrogens with zero attached hydrogens (tertiary/aromatic N) is 1. The van der Waals surface area contributed by atoms with Crippen LogP contribution in [-0.2, 0) is 20.7 Å². The van der Waals surface area contributed by atoms with E-state index < -0.39 is 12.1 Å². The number of carbonyl (C=O) groups excluding carboxylic acids is 3. The Balaban J connectivity index is 1.54. The predicted octanol–water partition coefficient (Wildman–Crippen LogP) is 2.39. The highest BCUT2D eigenvalue weighted by atomic mass is 16.5. The van der Waals surface area contributed by atoms with E-state index in [-0.39, 0.29) is 24.1 Å². The van der Waals surface area contributed by atoms with Gasteiger partial charge in [0.25, 0.3) is 0 Å². The number of urea groups is 1. The largest absolute Gasteiger partial charge is 0.466 e. The lowest BCUT2D eigenvalue weighted by Gasteiger charge is -2.18. The van der Waals surface area contributed by atoms with Crippen molar-refractivity contribution >= 4 is 35.1 Å². The van der Waals surface area contributed by atoms with E-state index in [9.17, 15) is 14.4 Å². The molecule has 1 atom stereocenters. The van der Waals surface area contributed by atoms with Crippen LogP contribution in [0.3, 0.4) is 0 Å². The molecular weight excluding hydrogens is 410 g/mol. The van der Waals surface area contributed by atoms with Gasteiger partial charge in [0, 0.05) is 29.9 Å². The first-order valence-electron chi connectivity index (χ1n) is 10.4. The van der Waals surface area contributed by atoms with Crippen LogP contribution in [0.2, 0.25) is 0 Å². The number of amides is 3. The van der Waals surface area contributed by atoms with Crippen molar-refractivity contribution in [3.05, 3.63) is 59.7 Å². The molecule has 5 N–H and O–H groups in total. The Bertz CT molecular complexity index is 1010. The second kappa shape index (κ2) is 10.4. The number of benzene rings is 2. The summed E-state index contributed by atoms with van der Waals surface area (Å²) in [7, 11) is 0. The summed E-state index contributed by atoms with van der Waals surface area (Å²) in [6.07, 6.45) is 1.26. The zero-order valence-electron chi connectivity index (χ0n) is 17.9. The van der Waals surface area contributed by atoms with Gasteiger partial charge in [-0.05, 0) is 61.7 Å². The van der Waals surface area contributed by atoms with E-state index in [2.05, 4.69) is 10.6 Å². The molecule has 0 radical (unpaired) electrons. The van der Waals surface area contributed by atoms with Gasteiger partial charge in [0.05, 0.1) is 6.61 Å². The Labute approximate surface area is 186 Å². The molecule has 9 heteroatoms. The molecule has 0 bridgehead atoms. The molecule has 1 aliphatic rings. The van der Waals surface area contributed by atoms with Crippen LogP contribution in [0.25, 0.3) is 0 Å². The van der Waals surface area contributed by atoms with E-state index in [1.165, 1.54) is 0 Å². The molecule has 1 heterocycles. The van der Waals surface area contributed by atoms with E-state index in [0.717, 1.165) is 5.56 Å². The molecule has 0 aliphatic carbocycles. The molecule has 1 saturated heterocycles. The number of rotatable bonds is 8. The Kier molecular flexibility index (Phi) is 7.43. The van der Waals surface area contributed by atoms with Crippen LogP contribution in [0.4, 0.5) is 16.2 Å². The number of anilines is 2. The van der Waals surface area contributed by atoms with Crippen molar-refractivity contribution in [1.29, 1.82) is 5.41 Å². The van der Waals surface area contributed by atoms with Crippen molar-refractivity contribution in [3.8, 4) is 0 Å². The molecular formula is C23H27N5O4. The molecule has 0 spiro atoms. The lowest BCUT2D eigenvalue weighted by molar-refractivity contribution is -0.143. The second-order valence-electron chi connectivity index (χ2n) is 7.40. The molecule has 9 nitrogen and oxygen atoms in total. The van der Waals surface area contributed by atoms with Crippen molar-refractivity contribution in [2.45, 2.75) is 32.2 Å². The minimum absolute atomic E-state index is 0.0366. The third kappa shape index (κ3) is 5.84. The number of aryl methyl sites for hydroxylation is 1. The molecule has 3 amide bonds. The van der Waals surface area contributed by atoms with Gasteiger partial charge in [-0.1, -0.05) is 12.1 Å². The van der Waals surface area contributed by atoms with Crippen molar-refractivity contribution < 1.29 is 19.1 Å². The second-order valence-corrected chi connectivity index (χ2v) is 7.40. The normalized spacial score (nSPS) is 15.3. The number of nitrogens with one attached hydrogen (secondary N) is 3. The summed E-state index contributed by atoms with van der Waals surface area (Å²) < 4.78 is 4.93. The molecule has 1 aliphatic heterocycles. The van der Waals surface area contributed by atoms with Crippen molar-refractivity contribution in [2.75, 3.05) is 23.4 Å². The smallest absolute Gasteiger partial charge is 0.319 e. The highest BCUT2D eigenvalue weighted by Gasteiger charge is 2.33. The van der Waals surface area contributed by atoms with Gasteiger partial charge in [-0.15, -0.1) is 0 Å². The first kappa shape index (κ1) is 22.8. The molecule has 168 valence electrons. The van der Waals surface area contributed by atoms with Crippen molar-refractivity contribution in [1.82, 2.24) is 5.32 Å². The maximum absolute atomic E-state index is 12.7. The highest BCUT2D eigenvalue weighted by Crippen LogP contribution is 2.22. The van der Waals surface area contributed by atoms with Crippen LogP contribution in [0.5, 0.6) is 0 Å². The maximum atomic E-state index is 12.7. The van der Waals surface area contributed by atoms with Gasteiger partial charge in [-0.3, -0.25) is 15.0 Å². The molecule has 32 heavy (non-hydrogen) atoms. The minimum atomic E-state index is -0.630. The van der Waals surface area contributed by atoms with E-state index in [1.54, 1.807) is 54.3 Å². The quantitative estimate of drug-likeness (QED) is 0.285. The molecule has 0 saturated carbocycles. The number of hydrogen-bond acceptors (Lipinski definition) is 5. The standard InChI is InChI=1S/C23H27N5O4/c1-2-32-20(29)11-6-15-4-3-5-17(14-15)26-23(31)27-19-12-13-28(22(19)30)18-9-7-16(8-10-18)21(24)25/h3-5,7-10,14,19H,2,6,11-13H2,1H3,(H3,24,25)(H2,26,27,31)/t19-/m0/s1. The summed E-state index contributed by atoms with van der Waals surface area (Å²) in [5.74, 6) is -0.492. The van der Waals surface area contributed by atoms with Crippen LogP contribution < -0.4 is 21.3 Å². The van der Waals surface area contributed by atoms with E-state index >= 15 is 0 Å². The molecule has 0 aromatic heterocycles. The van der Waals surface area contributed by atoms with Crippen LogP contribution in [0, 0.1) is 5.41 Å². The summed E-state index contributed by atoms with van der Waals surface area (Å²) in [6.45, 7) is 2.59. The van der Waals surface area contributed by atoms with Gasteiger partial charge < -0.3 is 26.0 Å². The van der Waals surface area contributed by atoms with Gasteiger partial charge in [0.2, 0.25) is 5.91 Å². The summed E-state index contributed by atoms with van der Waals surface area (Å²) in [5.41, 5.74) is 8.21. The summed E-state index contributed by atoms with van der Waals surface area (Å²) >= 11 is 0. The summed E-state index contributed by atoms with van der Waals surface area (Å²) in [6, 6.07) is 12.9. The third-order valence-electron chi connectivity index (χ3n) is 5.11. The third-order valence-corrected chi connectivity index (χ3v) is 5.11. The topological polar surface area (TPSA) is 138 Å².